The molecule has 4 heteroatoms. The fourth-order valence-electron chi connectivity index (χ4n) is 1.83. The number of benzene rings is 1. The smallest absolute Gasteiger partial charge is 0.161 e. The first-order valence-electron chi connectivity index (χ1n) is 6.23. The van der Waals surface area contributed by atoms with Crippen molar-refractivity contribution in [2.45, 2.75) is 20.8 Å². The lowest BCUT2D eigenvalue weighted by molar-refractivity contribution is 0.101. The second kappa shape index (κ2) is 7.54. The van der Waals surface area contributed by atoms with Crippen molar-refractivity contribution < 1.29 is 9.53 Å². The molecule has 0 aliphatic rings. The van der Waals surface area contributed by atoms with Gasteiger partial charge in [0.05, 0.1) is 6.61 Å². The van der Waals surface area contributed by atoms with Crippen LogP contribution in [0.1, 0.15) is 31.1 Å². The van der Waals surface area contributed by atoms with Crippen molar-refractivity contribution >= 4 is 27.4 Å². The van der Waals surface area contributed by atoms with E-state index < -0.39 is 0 Å². The highest BCUT2D eigenvalue weighted by Gasteiger charge is 2.13. The maximum absolute atomic E-state index is 11.7. The molecule has 0 saturated carbocycles. The second-order valence-corrected chi connectivity index (χ2v) is 4.91. The summed E-state index contributed by atoms with van der Waals surface area (Å²) in [6, 6.07) is 5.76. The van der Waals surface area contributed by atoms with Crippen molar-refractivity contribution in [3.8, 4) is 0 Å². The highest BCUT2D eigenvalue weighted by atomic mass is 79.9. The van der Waals surface area contributed by atoms with Crippen LogP contribution in [0.15, 0.2) is 22.7 Å². The number of carbonyl (C=O) groups excluding carboxylic acids is 1. The lowest BCUT2D eigenvalue weighted by Gasteiger charge is -2.25. The van der Waals surface area contributed by atoms with Crippen LogP contribution in [-0.2, 0) is 4.74 Å². The summed E-state index contributed by atoms with van der Waals surface area (Å²) in [5, 5.41) is 0. The van der Waals surface area contributed by atoms with E-state index in [4.69, 9.17) is 4.74 Å². The largest absolute Gasteiger partial charge is 0.380 e. The van der Waals surface area contributed by atoms with Gasteiger partial charge in [-0.3, -0.25) is 4.79 Å². The van der Waals surface area contributed by atoms with Crippen molar-refractivity contribution in [2.24, 2.45) is 0 Å². The van der Waals surface area contributed by atoms with Crippen molar-refractivity contribution in [1.29, 1.82) is 0 Å². The van der Waals surface area contributed by atoms with Crippen LogP contribution in [0.2, 0.25) is 0 Å². The Bertz CT molecular complexity index is 407. The molecule has 3 nitrogen and oxygen atoms in total. The summed E-state index contributed by atoms with van der Waals surface area (Å²) in [6.07, 6.45) is 0. The van der Waals surface area contributed by atoms with Crippen molar-refractivity contribution in [3.63, 3.8) is 0 Å². The van der Waals surface area contributed by atoms with Gasteiger partial charge in [-0.25, -0.2) is 0 Å². The molecule has 0 aliphatic carbocycles. The molecule has 1 rings (SSSR count). The topological polar surface area (TPSA) is 29.5 Å². The van der Waals surface area contributed by atoms with Crippen molar-refractivity contribution in [3.05, 3.63) is 28.2 Å². The van der Waals surface area contributed by atoms with Crippen molar-refractivity contribution in [2.75, 3.05) is 31.2 Å². The SMILES string of the molecule is CCOCCN(CC)c1cc(Br)ccc1C(C)=O. The highest BCUT2D eigenvalue weighted by molar-refractivity contribution is 9.10. The minimum Gasteiger partial charge on any atom is -0.380 e. The van der Waals surface area contributed by atoms with E-state index >= 15 is 0 Å². The first kappa shape index (κ1) is 15.2. The Hall–Kier alpha value is -0.870. The summed E-state index contributed by atoms with van der Waals surface area (Å²) in [7, 11) is 0. The molecule has 0 amide bonds. The molecule has 0 heterocycles. The zero-order valence-corrected chi connectivity index (χ0v) is 12.8. The number of rotatable bonds is 7. The van der Waals surface area contributed by atoms with Gasteiger partial charge in [0.25, 0.3) is 0 Å². The number of ketones is 1. The van der Waals surface area contributed by atoms with Gasteiger partial charge >= 0.3 is 0 Å². The van der Waals surface area contributed by atoms with Crippen LogP contribution in [0.4, 0.5) is 5.69 Å². The molecule has 18 heavy (non-hydrogen) atoms. The van der Waals surface area contributed by atoms with E-state index in [1.807, 2.05) is 25.1 Å². The number of hydrogen-bond acceptors (Lipinski definition) is 3. The predicted molar refractivity (Wildman–Crippen MR) is 78.5 cm³/mol. The molecule has 0 aliphatic heterocycles. The second-order valence-electron chi connectivity index (χ2n) is 3.99. The van der Waals surface area contributed by atoms with Crippen molar-refractivity contribution in [1.82, 2.24) is 0 Å². The van der Waals surface area contributed by atoms with Gasteiger partial charge in [-0.15, -0.1) is 0 Å². The molecule has 100 valence electrons. The average Bonchev–Trinajstić information content (AvgIpc) is 2.34. The number of nitrogens with zero attached hydrogens (tertiary/aromatic N) is 1. The number of carbonyl (C=O) groups is 1. The van der Waals surface area contributed by atoms with Crippen LogP contribution in [-0.4, -0.2) is 32.1 Å². The summed E-state index contributed by atoms with van der Waals surface area (Å²) >= 11 is 3.46. The number of halogens is 1. The molecule has 0 aromatic heterocycles. The molecule has 0 N–H and O–H groups in total. The summed E-state index contributed by atoms with van der Waals surface area (Å²) < 4.78 is 6.36. The highest BCUT2D eigenvalue weighted by Crippen LogP contribution is 2.25. The van der Waals surface area contributed by atoms with E-state index in [-0.39, 0.29) is 5.78 Å². The van der Waals surface area contributed by atoms with Crippen LogP contribution in [0.25, 0.3) is 0 Å². The Morgan fingerprint density at radius 3 is 2.67 bits per heavy atom. The lowest BCUT2D eigenvalue weighted by atomic mass is 10.1. The van der Waals surface area contributed by atoms with Gasteiger partial charge in [-0.05, 0) is 39.0 Å². The molecular weight excluding hydrogens is 294 g/mol. The van der Waals surface area contributed by atoms with E-state index in [9.17, 15) is 4.79 Å². The average molecular weight is 314 g/mol. The van der Waals surface area contributed by atoms with Gasteiger partial charge in [0, 0.05) is 35.4 Å². The molecule has 0 atom stereocenters. The Morgan fingerprint density at radius 2 is 2.11 bits per heavy atom. The number of Topliss-reactive ketones (excluding diaryl/α,β-unsaturated/α-hetero) is 1. The number of likely N-dealkylation sites (N-methyl/N-ethyl adjacent to an activating group) is 1. The Labute approximate surface area is 117 Å². The zero-order chi connectivity index (χ0) is 13.5. The number of hydrogen-bond donors (Lipinski definition) is 0. The first-order chi connectivity index (χ1) is 8.60. The standard InChI is InChI=1S/C14H20BrNO2/c1-4-16(8-9-18-5-2)14-10-12(15)6-7-13(14)11(3)17/h6-7,10H,4-5,8-9H2,1-3H3. The van der Waals surface area contributed by atoms with E-state index in [0.717, 1.165) is 35.4 Å². The Morgan fingerprint density at radius 1 is 1.39 bits per heavy atom. The minimum atomic E-state index is 0.0901. The van der Waals surface area contributed by atoms with Crippen LogP contribution in [0, 0.1) is 0 Å². The van der Waals surface area contributed by atoms with Gasteiger partial charge in [-0.2, -0.15) is 0 Å². The third-order valence-corrected chi connectivity index (χ3v) is 3.26. The molecule has 0 spiro atoms. The molecule has 1 aromatic carbocycles. The summed E-state index contributed by atoms with van der Waals surface area (Å²) in [4.78, 5) is 13.8. The quantitative estimate of drug-likeness (QED) is 0.570. The molecule has 0 unspecified atom stereocenters. The number of ether oxygens (including phenoxy) is 1. The maximum Gasteiger partial charge on any atom is 0.161 e. The number of anilines is 1. The lowest BCUT2D eigenvalue weighted by Crippen LogP contribution is -2.28. The van der Waals surface area contributed by atoms with E-state index in [1.165, 1.54) is 0 Å². The van der Waals surface area contributed by atoms with Gasteiger partial charge in [0.1, 0.15) is 0 Å². The minimum absolute atomic E-state index is 0.0901. The fraction of sp³-hybridized carbons (Fsp3) is 0.500. The van der Waals surface area contributed by atoms with Crippen LogP contribution < -0.4 is 4.90 Å². The predicted octanol–water partition coefficient (Wildman–Crippen LogP) is 3.51. The molecule has 1 aromatic rings. The summed E-state index contributed by atoms with van der Waals surface area (Å²) in [6.45, 7) is 8.70. The Balaban J connectivity index is 2.95. The maximum atomic E-state index is 11.7. The third-order valence-electron chi connectivity index (χ3n) is 2.77. The van der Waals surface area contributed by atoms with Gasteiger partial charge in [0.15, 0.2) is 5.78 Å². The molecule has 0 saturated heterocycles. The van der Waals surface area contributed by atoms with Crippen LogP contribution in [0.5, 0.6) is 0 Å². The zero-order valence-electron chi connectivity index (χ0n) is 11.2. The fourth-order valence-corrected chi connectivity index (χ4v) is 2.18. The summed E-state index contributed by atoms with van der Waals surface area (Å²) in [5.41, 5.74) is 1.73. The van der Waals surface area contributed by atoms with E-state index in [0.29, 0.717) is 6.61 Å². The van der Waals surface area contributed by atoms with Crippen LogP contribution in [0.3, 0.4) is 0 Å². The normalized spacial score (nSPS) is 10.4. The monoisotopic (exact) mass is 313 g/mol. The summed E-state index contributed by atoms with van der Waals surface area (Å²) in [5.74, 6) is 0.0901. The van der Waals surface area contributed by atoms with Crippen LogP contribution >= 0.6 is 15.9 Å². The van der Waals surface area contributed by atoms with E-state index in [2.05, 4.69) is 27.8 Å². The van der Waals surface area contributed by atoms with Gasteiger partial charge in [-0.1, -0.05) is 15.9 Å². The molecule has 0 radical (unpaired) electrons. The third kappa shape index (κ3) is 4.10. The molecular formula is C14H20BrNO2. The van der Waals surface area contributed by atoms with E-state index in [1.54, 1.807) is 6.92 Å². The Kier molecular flexibility index (Phi) is 6.36. The van der Waals surface area contributed by atoms with Gasteiger partial charge in [0.2, 0.25) is 0 Å². The van der Waals surface area contributed by atoms with Gasteiger partial charge < -0.3 is 9.64 Å². The first-order valence-corrected chi connectivity index (χ1v) is 7.02. The molecule has 0 bridgehead atoms. The molecule has 0 fully saturated rings.